The summed E-state index contributed by atoms with van der Waals surface area (Å²) in [5.74, 6) is 1.75. The van der Waals surface area contributed by atoms with Crippen LogP contribution in [-0.4, -0.2) is 10.0 Å². The highest BCUT2D eigenvalue weighted by Gasteiger charge is 2.20. The zero-order valence-electron chi connectivity index (χ0n) is 8.05. The molecule has 0 aromatic heterocycles. The van der Waals surface area contributed by atoms with Gasteiger partial charge in [0.15, 0.2) is 0 Å². The summed E-state index contributed by atoms with van der Waals surface area (Å²) in [5.41, 5.74) is 1.45. The van der Waals surface area contributed by atoms with Gasteiger partial charge in [-0.3, -0.25) is 0 Å². The van der Waals surface area contributed by atoms with Gasteiger partial charge in [-0.15, -0.1) is 0 Å². The summed E-state index contributed by atoms with van der Waals surface area (Å²) in [6, 6.07) is 6.14. The van der Waals surface area contributed by atoms with Crippen LogP contribution in [0.2, 0.25) is 0 Å². The average Bonchev–Trinajstić information content (AvgIpc) is 2.47. The molecule has 3 heteroatoms. The van der Waals surface area contributed by atoms with Gasteiger partial charge in [-0.25, -0.2) is 0 Å². The van der Waals surface area contributed by atoms with E-state index >= 15 is 0 Å². The van der Waals surface area contributed by atoms with Gasteiger partial charge < -0.3 is 8.85 Å². The van der Waals surface area contributed by atoms with E-state index in [0.29, 0.717) is 0 Å². The Kier molecular flexibility index (Phi) is 1.84. The molecule has 0 unspecified atom stereocenters. The first-order valence-corrected chi connectivity index (χ1v) is 5.12. The van der Waals surface area contributed by atoms with Crippen LogP contribution in [0.1, 0.15) is 26.3 Å². The van der Waals surface area contributed by atoms with Crippen LogP contribution < -0.4 is 8.85 Å². The Morgan fingerprint density at radius 1 is 1.08 bits per heavy atom. The molecule has 68 valence electrons. The van der Waals surface area contributed by atoms with Crippen LogP contribution in [0.3, 0.4) is 0 Å². The van der Waals surface area contributed by atoms with Crippen molar-refractivity contribution in [1.82, 2.24) is 0 Å². The minimum Gasteiger partial charge on any atom is -0.505 e. The van der Waals surface area contributed by atoms with Crippen LogP contribution in [-0.2, 0) is 5.41 Å². The summed E-state index contributed by atoms with van der Waals surface area (Å²) < 4.78 is 10.6. The van der Waals surface area contributed by atoms with Gasteiger partial charge in [0.05, 0.1) is 0 Å². The van der Waals surface area contributed by atoms with Crippen LogP contribution in [0.15, 0.2) is 18.2 Å². The fourth-order valence-corrected chi connectivity index (χ4v) is 1.80. The molecule has 1 aliphatic rings. The van der Waals surface area contributed by atoms with Crippen molar-refractivity contribution in [3.8, 4) is 11.5 Å². The predicted octanol–water partition coefficient (Wildman–Crippen LogP) is 2.29. The third-order valence-electron chi connectivity index (χ3n) is 2.11. The number of hydrogen-bond acceptors (Lipinski definition) is 2. The van der Waals surface area contributed by atoms with Crippen LogP contribution >= 0.6 is 0 Å². The van der Waals surface area contributed by atoms with E-state index in [1.165, 1.54) is 5.56 Å². The molecule has 2 radical (unpaired) electrons. The molecule has 0 atom stereocenters. The number of benzene rings is 1. The molecule has 0 amide bonds. The molecule has 0 spiro atoms. The second-order valence-corrected chi connectivity index (χ2v) is 4.77. The summed E-state index contributed by atoms with van der Waals surface area (Å²) >= 11 is 0. The first-order chi connectivity index (χ1) is 6.07. The fourth-order valence-electron chi connectivity index (χ4n) is 1.25. The zero-order valence-corrected chi connectivity index (χ0v) is 9.05. The molecule has 0 bridgehead atoms. The third-order valence-corrected chi connectivity index (χ3v) is 2.72. The molecule has 13 heavy (non-hydrogen) atoms. The van der Waals surface area contributed by atoms with E-state index in [1.807, 2.05) is 6.07 Å². The Balaban J connectivity index is 2.42. The van der Waals surface area contributed by atoms with Crippen molar-refractivity contribution < 1.29 is 8.85 Å². The molecule has 1 heterocycles. The first-order valence-electron chi connectivity index (χ1n) is 4.30. The number of rotatable bonds is 0. The van der Waals surface area contributed by atoms with E-state index in [0.717, 1.165) is 11.5 Å². The van der Waals surface area contributed by atoms with Gasteiger partial charge in [0.2, 0.25) is 0 Å². The summed E-state index contributed by atoms with van der Waals surface area (Å²) in [7, 11) is 0.126. The van der Waals surface area contributed by atoms with Gasteiger partial charge in [-0.1, -0.05) is 26.8 Å². The smallest absolute Gasteiger partial charge is 0.505 e. The lowest BCUT2D eigenvalue weighted by atomic mass is 9.87. The second-order valence-electron chi connectivity index (χ2n) is 4.20. The van der Waals surface area contributed by atoms with E-state index in [-0.39, 0.29) is 15.4 Å². The van der Waals surface area contributed by atoms with E-state index in [4.69, 9.17) is 8.85 Å². The van der Waals surface area contributed by atoms with E-state index in [2.05, 4.69) is 32.9 Å². The van der Waals surface area contributed by atoms with Crippen molar-refractivity contribution in [2.24, 2.45) is 0 Å². The minimum absolute atomic E-state index is 0.126. The highest BCUT2D eigenvalue weighted by molar-refractivity contribution is 6.22. The summed E-state index contributed by atoms with van der Waals surface area (Å²) in [6.07, 6.45) is 0. The predicted molar refractivity (Wildman–Crippen MR) is 52.2 cm³/mol. The summed E-state index contributed by atoms with van der Waals surface area (Å²) in [6.45, 7) is 6.56. The van der Waals surface area contributed by atoms with E-state index in [9.17, 15) is 0 Å². The largest absolute Gasteiger partial charge is 0.610 e. The van der Waals surface area contributed by atoms with Crippen molar-refractivity contribution in [2.45, 2.75) is 26.2 Å². The quantitative estimate of drug-likeness (QED) is 0.587. The highest BCUT2D eigenvalue weighted by Crippen LogP contribution is 2.35. The molecular formula is C10H12O2Si. The van der Waals surface area contributed by atoms with Gasteiger partial charge in [-0.2, -0.15) is 0 Å². The SMILES string of the molecule is CC(C)(C)c1ccc2c(c1)O[Si]O2. The lowest BCUT2D eigenvalue weighted by molar-refractivity contribution is 0.540. The molecule has 1 aromatic carbocycles. The molecule has 2 rings (SSSR count). The molecular weight excluding hydrogens is 180 g/mol. The van der Waals surface area contributed by atoms with Crippen molar-refractivity contribution in [2.75, 3.05) is 0 Å². The Labute approximate surface area is 80.9 Å². The third kappa shape index (κ3) is 1.56. The normalized spacial score (nSPS) is 14.7. The monoisotopic (exact) mass is 192 g/mol. The molecule has 1 aliphatic heterocycles. The number of hydrogen-bond donors (Lipinski definition) is 0. The Hall–Kier alpha value is -0.963. The van der Waals surface area contributed by atoms with Gasteiger partial charge >= 0.3 is 10.0 Å². The second kappa shape index (κ2) is 2.77. The topological polar surface area (TPSA) is 18.5 Å². The van der Waals surface area contributed by atoms with E-state index in [1.54, 1.807) is 0 Å². The maximum Gasteiger partial charge on any atom is 0.610 e. The lowest BCUT2D eigenvalue weighted by Gasteiger charge is -2.19. The van der Waals surface area contributed by atoms with Crippen LogP contribution in [0.25, 0.3) is 0 Å². The Bertz CT molecular complexity index is 328. The van der Waals surface area contributed by atoms with E-state index < -0.39 is 0 Å². The summed E-state index contributed by atoms with van der Waals surface area (Å²) in [4.78, 5) is 0. The first kappa shape index (κ1) is 8.63. The molecule has 0 N–H and O–H groups in total. The molecule has 0 saturated carbocycles. The van der Waals surface area contributed by atoms with Gasteiger partial charge in [0, 0.05) is 0 Å². The van der Waals surface area contributed by atoms with Crippen molar-refractivity contribution in [1.29, 1.82) is 0 Å². The van der Waals surface area contributed by atoms with Crippen molar-refractivity contribution in [3.63, 3.8) is 0 Å². The number of fused-ring (bicyclic) bond motifs is 1. The van der Waals surface area contributed by atoms with Crippen molar-refractivity contribution in [3.05, 3.63) is 23.8 Å². The van der Waals surface area contributed by atoms with Gasteiger partial charge in [0.1, 0.15) is 11.5 Å². The standard InChI is InChI=1S/C10H12O2Si/c1-10(2,3)7-4-5-8-9(6-7)12-13-11-8/h4-6H,1-3H3. The molecule has 2 nitrogen and oxygen atoms in total. The van der Waals surface area contributed by atoms with Gasteiger partial charge in [0.25, 0.3) is 0 Å². The van der Waals surface area contributed by atoms with Crippen LogP contribution in [0.5, 0.6) is 11.5 Å². The molecule has 0 fully saturated rings. The Morgan fingerprint density at radius 3 is 2.46 bits per heavy atom. The molecule has 0 aliphatic carbocycles. The van der Waals surface area contributed by atoms with Crippen LogP contribution in [0.4, 0.5) is 0 Å². The minimum atomic E-state index is 0.126. The highest BCUT2D eigenvalue weighted by atomic mass is 28.3. The maximum atomic E-state index is 5.34. The summed E-state index contributed by atoms with van der Waals surface area (Å²) in [5, 5.41) is 0. The molecule has 1 aromatic rings. The maximum absolute atomic E-state index is 5.34. The van der Waals surface area contributed by atoms with Crippen molar-refractivity contribution >= 4 is 10.0 Å². The molecule has 0 saturated heterocycles. The van der Waals surface area contributed by atoms with Gasteiger partial charge in [-0.05, 0) is 23.1 Å². The fraction of sp³-hybridized carbons (Fsp3) is 0.400. The lowest BCUT2D eigenvalue weighted by Crippen LogP contribution is -2.10. The Morgan fingerprint density at radius 2 is 1.77 bits per heavy atom. The van der Waals surface area contributed by atoms with Crippen LogP contribution in [0, 0.1) is 0 Å². The average molecular weight is 192 g/mol. The zero-order chi connectivity index (χ0) is 9.47.